The van der Waals surface area contributed by atoms with Gasteiger partial charge in [-0.1, -0.05) is 18.7 Å². The van der Waals surface area contributed by atoms with Gasteiger partial charge >= 0.3 is 0 Å². The van der Waals surface area contributed by atoms with Crippen LogP contribution in [0, 0.1) is 0 Å². The number of allylic oxidation sites excluding steroid dienone is 4. The fraction of sp³-hybridized carbons (Fsp3) is 0.227. The van der Waals surface area contributed by atoms with E-state index in [2.05, 4.69) is 26.9 Å². The van der Waals surface area contributed by atoms with E-state index < -0.39 is 0 Å². The molecule has 3 aromatic rings. The van der Waals surface area contributed by atoms with Crippen molar-refractivity contribution in [3.63, 3.8) is 0 Å². The Labute approximate surface area is 169 Å². The van der Waals surface area contributed by atoms with Gasteiger partial charge in [0.2, 0.25) is 5.88 Å². The Morgan fingerprint density at radius 2 is 2.07 bits per heavy atom. The molecule has 3 aromatic heterocycles. The fourth-order valence-electron chi connectivity index (χ4n) is 3.24. The molecule has 0 aromatic carbocycles. The number of fused-ring (bicyclic) bond motifs is 3. The monoisotopic (exact) mass is 389 g/mol. The highest BCUT2D eigenvalue weighted by Crippen LogP contribution is 2.31. The number of hydrogen-bond donors (Lipinski definition) is 1. The number of rotatable bonds is 1. The van der Waals surface area contributed by atoms with Crippen LogP contribution in [0.5, 0.6) is 5.88 Å². The Kier molecular flexibility index (Phi) is 5.29. The molecule has 7 heteroatoms. The van der Waals surface area contributed by atoms with Gasteiger partial charge in [-0.3, -0.25) is 10.1 Å². The molecule has 148 valence electrons. The Morgan fingerprint density at radius 1 is 1.21 bits per heavy atom. The summed E-state index contributed by atoms with van der Waals surface area (Å²) in [5, 5.41) is 12.8. The van der Waals surface area contributed by atoms with Crippen molar-refractivity contribution in [1.82, 2.24) is 25.0 Å². The summed E-state index contributed by atoms with van der Waals surface area (Å²) in [6.07, 6.45) is 13.9. The average Bonchev–Trinajstić information content (AvgIpc) is 3.30. The molecule has 2 bridgehead atoms. The largest absolute Gasteiger partial charge is 0.493 e. The van der Waals surface area contributed by atoms with Crippen LogP contribution in [0.15, 0.2) is 60.7 Å². The minimum atomic E-state index is 0.513. The molecular weight excluding hydrogens is 366 g/mol. The summed E-state index contributed by atoms with van der Waals surface area (Å²) in [6, 6.07) is 2.01. The highest BCUT2D eigenvalue weighted by Gasteiger charge is 2.16. The molecule has 7 nitrogen and oxygen atoms in total. The molecule has 0 saturated heterocycles. The van der Waals surface area contributed by atoms with Crippen LogP contribution in [0.4, 0.5) is 0 Å². The van der Waals surface area contributed by atoms with Crippen molar-refractivity contribution in [2.45, 2.75) is 13.3 Å². The van der Waals surface area contributed by atoms with Gasteiger partial charge in [0.15, 0.2) is 0 Å². The van der Waals surface area contributed by atoms with E-state index in [1.54, 1.807) is 23.2 Å². The molecule has 0 aliphatic carbocycles. The fourth-order valence-corrected chi connectivity index (χ4v) is 3.24. The number of ether oxygens (including phenoxy) is 2. The Bertz CT molecular complexity index is 1130. The third kappa shape index (κ3) is 3.71. The second-order valence-electron chi connectivity index (χ2n) is 6.61. The number of aromatic amines is 1. The van der Waals surface area contributed by atoms with Gasteiger partial charge in [-0.25, -0.2) is 4.68 Å². The normalized spacial score (nSPS) is 18.7. The van der Waals surface area contributed by atoms with Crippen LogP contribution < -0.4 is 4.74 Å². The Morgan fingerprint density at radius 3 is 2.90 bits per heavy atom. The lowest BCUT2D eigenvalue weighted by Crippen LogP contribution is -2.07. The molecule has 1 aliphatic rings. The zero-order valence-electron chi connectivity index (χ0n) is 16.6. The standard InChI is InChI=1S/C22H23N5O2/c1-4-7-15-8-9-18-16-12-19(23-14-20(16)26-25-18)17-13-24-27(3)22(17)29-11-6-10-28-21(15)5-2/h4-5,7-9,12-14H,1,6,10-11H2,2-3H3,(H,25,26)/b9-8+,15-7-,21-5+. The first kappa shape index (κ1) is 18.7. The van der Waals surface area contributed by atoms with E-state index in [0.717, 1.165) is 45.6 Å². The summed E-state index contributed by atoms with van der Waals surface area (Å²) in [7, 11) is 1.86. The molecule has 0 spiro atoms. The first-order chi connectivity index (χ1) is 14.2. The number of pyridine rings is 1. The summed E-state index contributed by atoms with van der Waals surface area (Å²) in [5.74, 6) is 1.48. The molecule has 0 amide bonds. The summed E-state index contributed by atoms with van der Waals surface area (Å²) < 4.78 is 13.7. The average molecular weight is 389 g/mol. The number of nitrogens with zero attached hydrogens (tertiary/aromatic N) is 4. The van der Waals surface area contributed by atoms with Crippen molar-refractivity contribution in [2.75, 3.05) is 13.2 Å². The maximum atomic E-state index is 6.02. The van der Waals surface area contributed by atoms with Gasteiger partial charge in [0, 0.05) is 24.4 Å². The highest BCUT2D eigenvalue weighted by atomic mass is 16.5. The van der Waals surface area contributed by atoms with E-state index in [1.165, 1.54) is 0 Å². The number of aryl methyl sites for hydroxylation is 1. The van der Waals surface area contributed by atoms with Crippen molar-refractivity contribution in [3.8, 4) is 17.1 Å². The molecule has 29 heavy (non-hydrogen) atoms. The SMILES string of the molecule is C=C/C=C1/C=C/c2n[nH]c3cnc(cc23)-c2cnn(C)c2OCCCO/C1=C/C. The van der Waals surface area contributed by atoms with Crippen molar-refractivity contribution < 1.29 is 9.47 Å². The van der Waals surface area contributed by atoms with Crippen molar-refractivity contribution in [2.24, 2.45) is 7.05 Å². The lowest BCUT2D eigenvalue weighted by molar-refractivity contribution is 0.185. The maximum Gasteiger partial charge on any atom is 0.221 e. The summed E-state index contributed by atoms with van der Waals surface area (Å²) in [6.45, 7) is 6.82. The van der Waals surface area contributed by atoms with Gasteiger partial charge in [-0.15, -0.1) is 0 Å². The van der Waals surface area contributed by atoms with E-state index in [0.29, 0.717) is 19.1 Å². The molecule has 0 fully saturated rings. The van der Waals surface area contributed by atoms with Crippen LogP contribution in [-0.4, -0.2) is 38.2 Å². The van der Waals surface area contributed by atoms with Gasteiger partial charge in [0.1, 0.15) is 5.76 Å². The zero-order valence-corrected chi connectivity index (χ0v) is 16.6. The first-order valence-corrected chi connectivity index (χ1v) is 9.51. The van der Waals surface area contributed by atoms with Gasteiger partial charge in [-0.05, 0) is 31.2 Å². The number of aromatic nitrogens is 5. The molecule has 0 saturated carbocycles. The number of hydrogen-bond acceptors (Lipinski definition) is 5. The number of nitrogens with one attached hydrogen (secondary N) is 1. The van der Waals surface area contributed by atoms with Crippen LogP contribution in [0.2, 0.25) is 0 Å². The minimum absolute atomic E-state index is 0.513. The third-order valence-corrected chi connectivity index (χ3v) is 4.69. The van der Waals surface area contributed by atoms with Crippen LogP contribution in [-0.2, 0) is 11.8 Å². The van der Waals surface area contributed by atoms with Crippen LogP contribution in [0.3, 0.4) is 0 Å². The van der Waals surface area contributed by atoms with Crippen LogP contribution in [0.1, 0.15) is 19.0 Å². The number of H-pyrrole nitrogens is 1. The van der Waals surface area contributed by atoms with Gasteiger partial charge in [0.05, 0.1) is 48.1 Å². The lowest BCUT2D eigenvalue weighted by atomic mass is 10.1. The predicted octanol–water partition coefficient (Wildman–Crippen LogP) is 4.19. The second kappa shape index (κ2) is 8.18. The molecule has 1 aliphatic heterocycles. The summed E-state index contributed by atoms with van der Waals surface area (Å²) >= 11 is 0. The quantitative estimate of drug-likeness (QED) is 0.675. The van der Waals surface area contributed by atoms with Crippen LogP contribution >= 0.6 is 0 Å². The minimum Gasteiger partial charge on any atom is -0.493 e. The van der Waals surface area contributed by atoms with E-state index >= 15 is 0 Å². The predicted molar refractivity (Wildman–Crippen MR) is 113 cm³/mol. The summed E-state index contributed by atoms with van der Waals surface area (Å²) in [4.78, 5) is 4.57. The Balaban J connectivity index is 1.85. The first-order valence-electron chi connectivity index (χ1n) is 9.51. The molecule has 4 heterocycles. The molecule has 0 radical (unpaired) electrons. The van der Waals surface area contributed by atoms with Crippen LogP contribution in [0.25, 0.3) is 28.2 Å². The van der Waals surface area contributed by atoms with Gasteiger partial charge in [-0.2, -0.15) is 10.2 Å². The van der Waals surface area contributed by atoms with E-state index in [1.807, 2.05) is 44.3 Å². The van der Waals surface area contributed by atoms with Gasteiger partial charge in [0.25, 0.3) is 0 Å². The molecule has 4 rings (SSSR count). The van der Waals surface area contributed by atoms with Crippen molar-refractivity contribution in [1.29, 1.82) is 0 Å². The lowest BCUT2D eigenvalue weighted by Gasteiger charge is -2.12. The third-order valence-electron chi connectivity index (χ3n) is 4.69. The van der Waals surface area contributed by atoms with E-state index in [4.69, 9.17) is 9.47 Å². The summed E-state index contributed by atoms with van der Waals surface area (Å²) in [5.41, 5.74) is 4.24. The van der Waals surface area contributed by atoms with Gasteiger partial charge < -0.3 is 9.47 Å². The second-order valence-corrected chi connectivity index (χ2v) is 6.61. The molecule has 0 atom stereocenters. The smallest absolute Gasteiger partial charge is 0.221 e. The maximum absolute atomic E-state index is 6.02. The molecule has 1 N–H and O–H groups in total. The Hall–Kier alpha value is -3.61. The zero-order chi connectivity index (χ0) is 20.2. The van der Waals surface area contributed by atoms with E-state index in [-0.39, 0.29) is 0 Å². The van der Waals surface area contributed by atoms with Crippen molar-refractivity contribution >= 4 is 17.0 Å². The highest BCUT2D eigenvalue weighted by molar-refractivity contribution is 5.89. The van der Waals surface area contributed by atoms with E-state index in [9.17, 15) is 0 Å². The molecular formula is C22H23N5O2. The molecule has 0 unspecified atom stereocenters. The topological polar surface area (TPSA) is 77.9 Å². The van der Waals surface area contributed by atoms with Crippen molar-refractivity contribution in [3.05, 3.63) is 66.4 Å².